The molecule has 0 radical (unpaired) electrons. The zero-order valence-electron chi connectivity index (χ0n) is 15.0. The van der Waals surface area contributed by atoms with E-state index in [-0.39, 0.29) is 11.9 Å². The molecule has 1 aliphatic rings. The highest BCUT2D eigenvalue weighted by Crippen LogP contribution is 2.39. The first-order chi connectivity index (χ1) is 12.6. The first-order valence-electron chi connectivity index (χ1n) is 8.81. The molecule has 0 saturated heterocycles. The van der Waals surface area contributed by atoms with Gasteiger partial charge in [-0.3, -0.25) is 4.79 Å². The lowest BCUT2D eigenvalue weighted by molar-refractivity contribution is 0.0946. The van der Waals surface area contributed by atoms with E-state index in [0.29, 0.717) is 6.54 Å². The maximum Gasteiger partial charge on any atom is 0.261 e. The van der Waals surface area contributed by atoms with Gasteiger partial charge in [-0.25, -0.2) is 0 Å². The predicted octanol–water partition coefficient (Wildman–Crippen LogP) is 4.61. The van der Waals surface area contributed by atoms with Crippen molar-refractivity contribution in [3.05, 3.63) is 68.7 Å². The van der Waals surface area contributed by atoms with Crippen LogP contribution in [-0.2, 0) is 12.8 Å². The second-order valence-corrected chi connectivity index (χ2v) is 8.70. The van der Waals surface area contributed by atoms with Crippen LogP contribution in [0.3, 0.4) is 0 Å². The molecular weight excluding hydrogens is 360 g/mol. The summed E-state index contributed by atoms with van der Waals surface area (Å²) in [6.45, 7) is 0.613. The summed E-state index contributed by atoms with van der Waals surface area (Å²) >= 11 is 3.31. The normalized spacial score (nSPS) is 14.0. The number of hydrogen-bond acceptors (Lipinski definition) is 4. The summed E-state index contributed by atoms with van der Waals surface area (Å²) in [5.74, 6) is 0.0314. The summed E-state index contributed by atoms with van der Waals surface area (Å²) in [6, 6.07) is 12.9. The van der Waals surface area contributed by atoms with E-state index in [0.717, 1.165) is 17.7 Å². The average molecular weight is 383 g/mol. The van der Waals surface area contributed by atoms with Gasteiger partial charge < -0.3 is 10.2 Å². The van der Waals surface area contributed by atoms with Gasteiger partial charge in [-0.2, -0.15) is 11.3 Å². The first-order valence-corrected chi connectivity index (χ1v) is 10.6. The van der Waals surface area contributed by atoms with Crippen molar-refractivity contribution >= 4 is 28.6 Å². The molecule has 3 nitrogen and oxygen atoms in total. The van der Waals surface area contributed by atoms with Crippen molar-refractivity contribution in [2.24, 2.45) is 0 Å². The lowest BCUT2D eigenvalue weighted by atomic mass is 9.91. The number of carbonyl (C=O) groups is 1. The lowest BCUT2D eigenvalue weighted by Gasteiger charge is -2.23. The second kappa shape index (κ2) is 7.35. The molecule has 5 heteroatoms. The summed E-state index contributed by atoms with van der Waals surface area (Å²) in [5, 5.41) is 7.37. The third kappa shape index (κ3) is 3.34. The molecular formula is C21H22N2OS2. The fraction of sp³-hybridized carbons (Fsp3) is 0.286. The molecule has 0 bridgehead atoms. The third-order valence-corrected chi connectivity index (χ3v) is 6.88. The molecule has 0 spiro atoms. The average Bonchev–Trinajstić information content (AvgIpc) is 3.31. The number of thiophene rings is 2. The quantitative estimate of drug-likeness (QED) is 0.699. The molecule has 1 unspecified atom stereocenters. The zero-order valence-corrected chi connectivity index (χ0v) is 16.6. The number of nitrogens with one attached hydrogen (secondary N) is 1. The van der Waals surface area contributed by atoms with Crippen LogP contribution in [0.2, 0.25) is 0 Å². The Balaban J connectivity index is 1.51. The molecule has 3 aromatic rings. The number of benzene rings is 1. The fourth-order valence-corrected chi connectivity index (χ4v) is 5.42. The molecule has 134 valence electrons. The van der Waals surface area contributed by atoms with E-state index < -0.39 is 0 Å². The summed E-state index contributed by atoms with van der Waals surface area (Å²) in [6.07, 6.45) is 2.08. The van der Waals surface area contributed by atoms with Gasteiger partial charge in [-0.15, -0.1) is 11.3 Å². The van der Waals surface area contributed by atoms with Crippen molar-refractivity contribution in [1.29, 1.82) is 0 Å². The van der Waals surface area contributed by atoms with Crippen molar-refractivity contribution in [2.75, 3.05) is 20.6 Å². The van der Waals surface area contributed by atoms with E-state index >= 15 is 0 Å². The lowest BCUT2D eigenvalue weighted by Crippen LogP contribution is -2.34. The van der Waals surface area contributed by atoms with Gasteiger partial charge in [0.1, 0.15) is 0 Å². The summed E-state index contributed by atoms with van der Waals surface area (Å²) in [4.78, 5) is 17.0. The first kappa shape index (κ1) is 17.5. The maximum atomic E-state index is 12.8. The molecule has 4 rings (SSSR count). The molecule has 1 amide bonds. The number of rotatable bonds is 5. The number of aryl methyl sites for hydroxylation is 2. The number of hydrogen-bond donors (Lipinski definition) is 1. The van der Waals surface area contributed by atoms with E-state index in [1.54, 1.807) is 22.7 Å². The van der Waals surface area contributed by atoms with Crippen LogP contribution < -0.4 is 5.32 Å². The molecule has 2 heterocycles. The summed E-state index contributed by atoms with van der Waals surface area (Å²) < 4.78 is 0. The van der Waals surface area contributed by atoms with Gasteiger partial charge >= 0.3 is 0 Å². The fourth-order valence-electron chi connectivity index (χ4n) is 3.52. The van der Waals surface area contributed by atoms with Gasteiger partial charge in [-0.05, 0) is 72.1 Å². The second-order valence-electron chi connectivity index (χ2n) is 6.87. The number of fused-ring (bicyclic) bond motifs is 3. The van der Waals surface area contributed by atoms with E-state index in [1.165, 1.54) is 27.1 Å². The Kier molecular flexibility index (Phi) is 4.94. The van der Waals surface area contributed by atoms with Crippen LogP contribution in [0.25, 0.3) is 10.4 Å². The van der Waals surface area contributed by atoms with Crippen molar-refractivity contribution < 1.29 is 4.79 Å². The third-order valence-electron chi connectivity index (χ3n) is 4.97. The highest BCUT2D eigenvalue weighted by Gasteiger charge is 2.22. The Morgan fingerprint density at radius 1 is 1.19 bits per heavy atom. The molecule has 0 saturated carbocycles. The Morgan fingerprint density at radius 2 is 2.00 bits per heavy atom. The van der Waals surface area contributed by atoms with Crippen LogP contribution in [0.4, 0.5) is 0 Å². The highest BCUT2D eigenvalue weighted by atomic mass is 32.1. The van der Waals surface area contributed by atoms with Crippen LogP contribution in [0.15, 0.2) is 47.2 Å². The molecule has 1 aliphatic carbocycles. The van der Waals surface area contributed by atoms with Crippen LogP contribution in [0.1, 0.15) is 32.4 Å². The topological polar surface area (TPSA) is 32.3 Å². The number of amides is 1. The smallest absolute Gasteiger partial charge is 0.261 e. The van der Waals surface area contributed by atoms with Gasteiger partial charge in [0.25, 0.3) is 5.91 Å². The number of carbonyl (C=O) groups excluding carboxylic acids is 1. The number of likely N-dealkylation sites (N-methyl/N-ethyl adjacent to an activating group) is 1. The largest absolute Gasteiger partial charge is 0.349 e. The van der Waals surface area contributed by atoms with Crippen molar-refractivity contribution in [2.45, 2.75) is 18.9 Å². The van der Waals surface area contributed by atoms with Crippen molar-refractivity contribution in [1.82, 2.24) is 10.2 Å². The molecule has 0 fully saturated rings. The Labute approximate surface area is 162 Å². The maximum absolute atomic E-state index is 12.8. The van der Waals surface area contributed by atoms with E-state index in [2.05, 4.69) is 71.5 Å². The van der Waals surface area contributed by atoms with Crippen LogP contribution in [0.5, 0.6) is 0 Å². The minimum atomic E-state index is 0.0314. The number of nitrogens with zero attached hydrogens (tertiary/aromatic N) is 1. The monoisotopic (exact) mass is 382 g/mol. The van der Waals surface area contributed by atoms with Crippen molar-refractivity contribution in [3.63, 3.8) is 0 Å². The van der Waals surface area contributed by atoms with E-state index in [4.69, 9.17) is 0 Å². The van der Waals surface area contributed by atoms with Gasteiger partial charge in [0, 0.05) is 11.4 Å². The van der Waals surface area contributed by atoms with E-state index in [9.17, 15) is 4.79 Å². The summed E-state index contributed by atoms with van der Waals surface area (Å²) in [5.41, 5.74) is 5.24. The van der Waals surface area contributed by atoms with Crippen LogP contribution in [-0.4, -0.2) is 31.4 Å². The highest BCUT2D eigenvalue weighted by molar-refractivity contribution is 7.17. The molecule has 2 aromatic heterocycles. The molecule has 1 aromatic carbocycles. The van der Waals surface area contributed by atoms with Gasteiger partial charge in [-0.1, -0.05) is 24.3 Å². The Bertz CT molecular complexity index is 912. The molecule has 1 N–H and O–H groups in total. The Hall–Kier alpha value is -1.95. The van der Waals surface area contributed by atoms with Gasteiger partial charge in [0.05, 0.1) is 10.9 Å². The van der Waals surface area contributed by atoms with Crippen molar-refractivity contribution in [3.8, 4) is 10.4 Å². The SMILES string of the molecule is CN(C)C(CNC(=O)c1cc2c(s1)-c1ccccc1CC2)c1ccsc1. The Morgan fingerprint density at radius 3 is 2.77 bits per heavy atom. The minimum Gasteiger partial charge on any atom is -0.349 e. The van der Waals surface area contributed by atoms with Gasteiger partial charge in [0.2, 0.25) is 0 Å². The zero-order chi connectivity index (χ0) is 18.1. The van der Waals surface area contributed by atoms with Crippen LogP contribution >= 0.6 is 22.7 Å². The standard InChI is InChI=1S/C21H22N2OS2/c1-23(2)18(16-9-10-25-13-16)12-22-21(24)19-11-15-8-7-14-5-3-4-6-17(14)20(15)26-19/h3-6,9-11,13,18H,7-8,12H2,1-2H3,(H,22,24). The molecule has 0 aliphatic heterocycles. The summed E-state index contributed by atoms with van der Waals surface area (Å²) in [7, 11) is 4.10. The molecule has 26 heavy (non-hydrogen) atoms. The van der Waals surface area contributed by atoms with Gasteiger partial charge in [0.15, 0.2) is 0 Å². The molecule has 1 atom stereocenters. The minimum absolute atomic E-state index is 0.0314. The van der Waals surface area contributed by atoms with E-state index in [1.807, 2.05) is 0 Å². The van der Waals surface area contributed by atoms with Crippen LogP contribution in [0, 0.1) is 0 Å². The predicted molar refractivity (Wildman–Crippen MR) is 110 cm³/mol.